The minimum atomic E-state index is -4.42. The zero-order valence-electron chi connectivity index (χ0n) is 14.0. The molecule has 0 bridgehead atoms. The number of hydrogen-bond donors (Lipinski definition) is 1. The molecular formula is C14H20F3IN6S. The van der Waals surface area contributed by atoms with Crippen molar-refractivity contribution in [3.63, 3.8) is 0 Å². The number of aryl methyl sites for hydroxylation is 1. The van der Waals surface area contributed by atoms with Gasteiger partial charge in [0.05, 0.1) is 12.7 Å². The van der Waals surface area contributed by atoms with Gasteiger partial charge in [-0.2, -0.15) is 18.3 Å². The van der Waals surface area contributed by atoms with E-state index in [4.69, 9.17) is 0 Å². The van der Waals surface area contributed by atoms with Crippen LogP contribution in [0.1, 0.15) is 23.2 Å². The number of aliphatic imine (C=N–C) groups is 1. The Morgan fingerprint density at radius 1 is 1.44 bits per heavy atom. The van der Waals surface area contributed by atoms with Gasteiger partial charge in [0.15, 0.2) is 11.7 Å². The number of nitrogens with one attached hydrogen (secondary N) is 1. The molecule has 0 aromatic carbocycles. The molecule has 0 aliphatic rings. The van der Waals surface area contributed by atoms with Gasteiger partial charge in [0.25, 0.3) is 0 Å². The summed E-state index contributed by atoms with van der Waals surface area (Å²) < 4.78 is 39.4. The minimum absolute atomic E-state index is 0. The van der Waals surface area contributed by atoms with Crippen molar-refractivity contribution < 1.29 is 13.2 Å². The second-order valence-corrected chi connectivity index (χ2v) is 6.12. The van der Waals surface area contributed by atoms with Crippen molar-refractivity contribution >= 4 is 41.3 Å². The number of hydrogen-bond acceptors (Lipinski definition) is 4. The van der Waals surface area contributed by atoms with Gasteiger partial charge in [-0.3, -0.25) is 4.68 Å². The fourth-order valence-electron chi connectivity index (χ4n) is 2.03. The second-order valence-electron chi connectivity index (χ2n) is 5.17. The summed E-state index contributed by atoms with van der Waals surface area (Å²) in [6.07, 6.45) is -0.757. The predicted molar refractivity (Wildman–Crippen MR) is 102 cm³/mol. The standard InChI is InChI=1S/C14H19F3N6S.HI/c1-4-18-13(22(2)7-10-5-20-23(3)8-10)19-6-12-21-11(9-24-12)14(15,16)17;/h5,8-9H,4,6-7H2,1-3H3,(H,18,19);1H. The first kappa shape index (κ1) is 21.7. The second kappa shape index (κ2) is 9.36. The predicted octanol–water partition coefficient (Wildman–Crippen LogP) is 3.11. The van der Waals surface area contributed by atoms with Crippen LogP contribution in [0.5, 0.6) is 0 Å². The summed E-state index contributed by atoms with van der Waals surface area (Å²) in [5.74, 6) is 0.602. The average molecular weight is 488 g/mol. The molecule has 0 saturated heterocycles. The van der Waals surface area contributed by atoms with Crippen molar-refractivity contribution in [2.45, 2.75) is 26.2 Å². The summed E-state index contributed by atoms with van der Waals surface area (Å²) in [5.41, 5.74) is 0.144. The molecule has 2 aromatic rings. The van der Waals surface area contributed by atoms with Crippen LogP contribution in [0.15, 0.2) is 22.8 Å². The highest BCUT2D eigenvalue weighted by Gasteiger charge is 2.33. The van der Waals surface area contributed by atoms with Crippen LogP contribution in [-0.4, -0.2) is 39.2 Å². The third-order valence-corrected chi connectivity index (χ3v) is 3.91. The van der Waals surface area contributed by atoms with Crippen LogP contribution in [0.3, 0.4) is 0 Å². The first-order valence-corrected chi connectivity index (χ1v) is 8.16. The van der Waals surface area contributed by atoms with Gasteiger partial charge >= 0.3 is 6.18 Å². The zero-order valence-corrected chi connectivity index (χ0v) is 17.2. The first-order chi connectivity index (χ1) is 11.3. The largest absolute Gasteiger partial charge is 0.434 e. The van der Waals surface area contributed by atoms with E-state index in [9.17, 15) is 13.2 Å². The van der Waals surface area contributed by atoms with Crippen molar-refractivity contribution in [1.29, 1.82) is 0 Å². The maximum atomic E-state index is 12.6. The monoisotopic (exact) mass is 488 g/mol. The van der Waals surface area contributed by atoms with Gasteiger partial charge < -0.3 is 10.2 Å². The minimum Gasteiger partial charge on any atom is -0.357 e. The molecule has 0 spiro atoms. The normalized spacial score (nSPS) is 12.0. The fourth-order valence-corrected chi connectivity index (χ4v) is 2.75. The summed E-state index contributed by atoms with van der Waals surface area (Å²) in [6, 6.07) is 0. The summed E-state index contributed by atoms with van der Waals surface area (Å²) in [5, 5.41) is 8.57. The molecule has 0 aliphatic carbocycles. The summed E-state index contributed by atoms with van der Waals surface area (Å²) in [6.45, 7) is 3.27. The summed E-state index contributed by atoms with van der Waals surface area (Å²) in [7, 11) is 3.70. The molecule has 11 heteroatoms. The summed E-state index contributed by atoms with van der Waals surface area (Å²) in [4.78, 5) is 9.84. The third-order valence-electron chi connectivity index (χ3n) is 3.08. The van der Waals surface area contributed by atoms with E-state index in [0.29, 0.717) is 24.1 Å². The molecule has 0 amide bonds. The number of thiazole rings is 1. The Bertz CT molecular complexity index is 697. The van der Waals surface area contributed by atoms with Crippen LogP contribution >= 0.6 is 35.3 Å². The Balaban J connectivity index is 0.00000312. The molecule has 25 heavy (non-hydrogen) atoms. The van der Waals surface area contributed by atoms with E-state index in [2.05, 4.69) is 20.4 Å². The van der Waals surface area contributed by atoms with Crippen molar-refractivity contribution in [3.8, 4) is 0 Å². The number of guanidine groups is 1. The van der Waals surface area contributed by atoms with Gasteiger partial charge in [0.1, 0.15) is 5.01 Å². The van der Waals surface area contributed by atoms with E-state index in [-0.39, 0.29) is 30.5 Å². The zero-order chi connectivity index (χ0) is 17.7. The Morgan fingerprint density at radius 3 is 2.68 bits per heavy atom. The molecule has 6 nitrogen and oxygen atoms in total. The van der Waals surface area contributed by atoms with Crippen LogP contribution in [0.4, 0.5) is 13.2 Å². The fraction of sp³-hybridized carbons (Fsp3) is 0.500. The number of rotatable bonds is 5. The molecule has 140 valence electrons. The highest BCUT2D eigenvalue weighted by molar-refractivity contribution is 14.0. The Hall–Kier alpha value is -1.37. The van der Waals surface area contributed by atoms with Gasteiger partial charge in [-0.1, -0.05) is 0 Å². The number of halogens is 4. The molecule has 1 N–H and O–H groups in total. The lowest BCUT2D eigenvalue weighted by Crippen LogP contribution is -2.38. The highest BCUT2D eigenvalue weighted by atomic mass is 127. The van der Waals surface area contributed by atoms with E-state index < -0.39 is 11.9 Å². The van der Waals surface area contributed by atoms with Crippen LogP contribution in [0.2, 0.25) is 0 Å². The molecule has 0 atom stereocenters. The smallest absolute Gasteiger partial charge is 0.357 e. The molecular weight excluding hydrogens is 468 g/mol. The van der Waals surface area contributed by atoms with E-state index in [1.54, 1.807) is 10.9 Å². The molecule has 0 radical (unpaired) electrons. The first-order valence-electron chi connectivity index (χ1n) is 7.28. The van der Waals surface area contributed by atoms with E-state index in [1.807, 2.05) is 32.1 Å². The molecule has 2 heterocycles. The highest BCUT2D eigenvalue weighted by Crippen LogP contribution is 2.30. The molecule has 0 saturated carbocycles. The van der Waals surface area contributed by atoms with Crippen LogP contribution in [0, 0.1) is 0 Å². The van der Waals surface area contributed by atoms with Crippen LogP contribution in [0.25, 0.3) is 0 Å². The van der Waals surface area contributed by atoms with E-state index in [0.717, 1.165) is 22.3 Å². The van der Waals surface area contributed by atoms with E-state index in [1.165, 1.54) is 0 Å². The Labute approximate surface area is 165 Å². The lowest BCUT2D eigenvalue weighted by molar-refractivity contribution is -0.140. The van der Waals surface area contributed by atoms with Crippen molar-refractivity contribution in [3.05, 3.63) is 34.0 Å². The van der Waals surface area contributed by atoms with Crippen molar-refractivity contribution in [2.75, 3.05) is 13.6 Å². The Morgan fingerprint density at radius 2 is 2.16 bits per heavy atom. The molecule has 0 fully saturated rings. The van der Waals surface area contributed by atoms with E-state index >= 15 is 0 Å². The number of nitrogens with zero attached hydrogens (tertiary/aromatic N) is 5. The lowest BCUT2D eigenvalue weighted by Gasteiger charge is -2.21. The van der Waals surface area contributed by atoms with Crippen molar-refractivity contribution in [2.24, 2.45) is 12.0 Å². The Kier molecular flexibility index (Phi) is 8.12. The number of alkyl halides is 3. The molecule has 0 unspecified atom stereocenters. The van der Waals surface area contributed by atoms with Crippen molar-refractivity contribution in [1.82, 2.24) is 25.0 Å². The molecule has 2 rings (SSSR count). The topological polar surface area (TPSA) is 58.3 Å². The average Bonchev–Trinajstić information content (AvgIpc) is 3.12. The molecule has 0 aliphatic heterocycles. The molecule has 2 aromatic heterocycles. The van der Waals surface area contributed by atoms with Gasteiger partial charge in [-0.05, 0) is 6.92 Å². The SMILES string of the molecule is CCNC(=NCc1nc(C(F)(F)F)cs1)N(C)Cc1cnn(C)c1.I. The number of aromatic nitrogens is 3. The summed E-state index contributed by atoms with van der Waals surface area (Å²) >= 11 is 0.958. The van der Waals surface area contributed by atoms with Gasteiger partial charge in [0.2, 0.25) is 0 Å². The third kappa shape index (κ3) is 6.45. The quantitative estimate of drug-likeness (QED) is 0.400. The van der Waals surface area contributed by atoms with Crippen LogP contribution < -0.4 is 5.32 Å². The lowest BCUT2D eigenvalue weighted by atomic mass is 10.3. The van der Waals surface area contributed by atoms with Gasteiger partial charge in [-0.15, -0.1) is 35.3 Å². The maximum Gasteiger partial charge on any atom is 0.434 e. The van der Waals surface area contributed by atoms with Crippen LogP contribution in [-0.2, 0) is 26.3 Å². The van der Waals surface area contributed by atoms with Gasteiger partial charge in [0, 0.05) is 44.3 Å². The van der Waals surface area contributed by atoms with Gasteiger partial charge in [-0.25, -0.2) is 9.98 Å². The maximum absolute atomic E-state index is 12.6.